The van der Waals surface area contributed by atoms with Crippen molar-refractivity contribution in [2.45, 2.75) is 44.9 Å². The van der Waals surface area contributed by atoms with Crippen LogP contribution >= 0.6 is 9.24 Å². The molecule has 2 aliphatic heterocycles. The van der Waals surface area contributed by atoms with Crippen LogP contribution < -0.4 is 10.6 Å². The van der Waals surface area contributed by atoms with E-state index in [9.17, 15) is 24.3 Å². The first-order valence-electron chi connectivity index (χ1n) is 12.6. The molecule has 4 amide bonds. The van der Waals surface area contributed by atoms with Crippen molar-refractivity contribution >= 4 is 38.4 Å². The van der Waals surface area contributed by atoms with Crippen molar-refractivity contribution in [1.29, 1.82) is 0 Å². The molecule has 0 saturated carbocycles. The maximum atomic E-state index is 13.6. The number of hydrogen-bond donors (Lipinski definition) is 2. The molecule has 0 spiro atoms. The summed E-state index contributed by atoms with van der Waals surface area (Å²) in [6.45, 7) is 6.26. The lowest BCUT2D eigenvalue weighted by molar-refractivity contribution is -0.187. The van der Waals surface area contributed by atoms with Gasteiger partial charge in [0.05, 0.1) is 13.1 Å². The monoisotopic (exact) mass is 541 g/mol. The van der Waals surface area contributed by atoms with Gasteiger partial charge >= 0.3 is 12.0 Å². The number of carboxylic acid groups (broad SMARTS) is 1. The number of hydrogen-bond acceptors (Lipinski definition) is 5. The lowest BCUT2D eigenvalue weighted by atomic mass is 10.0. The molecule has 2 N–H and O–H groups in total. The third kappa shape index (κ3) is 7.08. The number of carboxylic acids is 1. The number of carbonyl (C=O) groups is 4. The van der Waals surface area contributed by atoms with E-state index in [1.165, 1.54) is 9.91 Å². The smallest absolute Gasteiger partial charge is 0.334 e. The highest BCUT2D eigenvalue weighted by Gasteiger charge is 2.50. The largest absolute Gasteiger partial charge is 0.481 e. The molecule has 0 bridgehead atoms. The van der Waals surface area contributed by atoms with E-state index in [0.29, 0.717) is 0 Å². The zero-order valence-electron chi connectivity index (χ0n) is 21.9. The van der Waals surface area contributed by atoms with Crippen LogP contribution in [0.1, 0.15) is 31.7 Å². The standard InChI is InChI=1S/C27H36N5O5P/c1-4-6-8-20(7-5-2)16-30-17-23-31(22(26(30)36)13-14-25(34)35)24(33)18-29(3)32(23)27(37)28-15-19-9-11-21(38)12-10-19/h5-12,22-23H,2,4,13-18,38H2,1,3H3,(H,28,37)(H,34,35)/b8-6-,20-7+/t22?,23-/m0/s1. The van der Waals surface area contributed by atoms with Crippen LogP contribution in [0.25, 0.3) is 0 Å². The Morgan fingerprint density at radius 3 is 2.58 bits per heavy atom. The second-order valence-corrected chi connectivity index (χ2v) is 9.96. The Labute approximate surface area is 225 Å². The van der Waals surface area contributed by atoms with Crippen molar-refractivity contribution < 1.29 is 24.3 Å². The molecule has 2 aliphatic rings. The normalized spacial score (nSPS) is 20.6. The van der Waals surface area contributed by atoms with Crippen LogP contribution in [0.5, 0.6) is 0 Å². The van der Waals surface area contributed by atoms with Crippen LogP contribution in [-0.2, 0) is 20.9 Å². The van der Waals surface area contributed by atoms with E-state index in [1.807, 2.05) is 43.3 Å². The Morgan fingerprint density at radius 1 is 1.24 bits per heavy atom. The number of piperazine rings is 1. The van der Waals surface area contributed by atoms with Crippen LogP contribution in [0.4, 0.5) is 4.79 Å². The van der Waals surface area contributed by atoms with Crippen LogP contribution in [0.2, 0.25) is 0 Å². The predicted octanol–water partition coefficient (Wildman–Crippen LogP) is 1.87. The SMILES string of the molecule is C=C/C=C(\C=C/CC)CN1C[C@H]2N(C(=O)CN(C)N2C(=O)NCc2ccc(P)cc2)C(CCC(=O)O)C1=O. The number of benzene rings is 1. The maximum Gasteiger partial charge on any atom is 0.334 e. The van der Waals surface area contributed by atoms with E-state index in [2.05, 4.69) is 21.1 Å². The van der Waals surface area contributed by atoms with Crippen molar-refractivity contribution in [3.63, 3.8) is 0 Å². The number of amides is 4. The molecule has 3 atom stereocenters. The van der Waals surface area contributed by atoms with Gasteiger partial charge in [0.1, 0.15) is 12.2 Å². The number of allylic oxidation sites excluding steroid dienone is 3. The second kappa shape index (κ2) is 13.3. The lowest BCUT2D eigenvalue weighted by Gasteiger charge is -2.54. The average molecular weight is 542 g/mol. The fraction of sp³-hybridized carbons (Fsp3) is 0.407. The summed E-state index contributed by atoms with van der Waals surface area (Å²) < 4.78 is 0. The minimum absolute atomic E-state index is 0.0429. The van der Waals surface area contributed by atoms with Crippen molar-refractivity contribution in [3.8, 4) is 0 Å². The van der Waals surface area contributed by atoms with E-state index >= 15 is 0 Å². The fourth-order valence-corrected chi connectivity index (χ4v) is 4.87. The first kappa shape index (κ1) is 29.1. The number of hydrazine groups is 1. The number of aliphatic carboxylic acids is 1. The van der Waals surface area contributed by atoms with Gasteiger partial charge in [-0.1, -0.05) is 62.1 Å². The van der Waals surface area contributed by atoms with Gasteiger partial charge in [0.2, 0.25) is 11.8 Å². The van der Waals surface area contributed by atoms with Crippen LogP contribution in [0.15, 0.2) is 60.7 Å². The fourth-order valence-electron chi connectivity index (χ4n) is 4.68. The summed E-state index contributed by atoms with van der Waals surface area (Å²) in [5, 5.41) is 16.3. The minimum Gasteiger partial charge on any atom is -0.481 e. The van der Waals surface area contributed by atoms with Crippen LogP contribution in [0.3, 0.4) is 0 Å². The molecular formula is C27H36N5O5P. The molecule has 2 heterocycles. The third-order valence-corrected chi connectivity index (χ3v) is 6.86. The topological polar surface area (TPSA) is 114 Å². The van der Waals surface area contributed by atoms with E-state index in [1.54, 1.807) is 29.1 Å². The molecule has 2 saturated heterocycles. The summed E-state index contributed by atoms with van der Waals surface area (Å²) in [6.07, 6.45) is 7.04. The number of fused-ring (bicyclic) bond motifs is 1. The molecule has 0 radical (unpaired) electrons. The zero-order chi connectivity index (χ0) is 27.8. The minimum atomic E-state index is -1.06. The summed E-state index contributed by atoms with van der Waals surface area (Å²) in [6, 6.07) is 6.29. The Balaban J connectivity index is 1.91. The number of urea groups is 1. The Kier molecular flexibility index (Phi) is 10.2. The maximum absolute atomic E-state index is 13.6. The predicted molar refractivity (Wildman–Crippen MR) is 148 cm³/mol. The second-order valence-electron chi connectivity index (χ2n) is 9.30. The van der Waals surface area contributed by atoms with Gasteiger partial charge in [0, 0.05) is 26.6 Å². The Bertz CT molecular complexity index is 1120. The van der Waals surface area contributed by atoms with E-state index in [-0.39, 0.29) is 50.8 Å². The molecule has 0 aliphatic carbocycles. The van der Waals surface area contributed by atoms with Crippen molar-refractivity contribution in [2.75, 3.05) is 26.7 Å². The van der Waals surface area contributed by atoms with E-state index < -0.39 is 24.2 Å². The van der Waals surface area contributed by atoms with E-state index in [4.69, 9.17) is 0 Å². The number of nitrogens with one attached hydrogen (secondary N) is 1. The highest BCUT2D eigenvalue weighted by atomic mass is 31.0. The molecule has 204 valence electrons. The first-order chi connectivity index (χ1) is 18.2. The molecule has 10 nitrogen and oxygen atoms in total. The first-order valence-corrected chi connectivity index (χ1v) is 13.2. The van der Waals surface area contributed by atoms with Crippen LogP contribution in [-0.4, -0.2) is 87.6 Å². The molecule has 38 heavy (non-hydrogen) atoms. The highest BCUT2D eigenvalue weighted by Crippen LogP contribution is 2.28. The van der Waals surface area contributed by atoms with Gasteiger partial charge < -0.3 is 20.2 Å². The lowest BCUT2D eigenvalue weighted by Crippen LogP contribution is -2.76. The van der Waals surface area contributed by atoms with Crippen LogP contribution in [0, 0.1) is 0 Å². The summed E-state index contributed by atoms with van der Waals surface area (Å²) >= 11 is 0. The van der Waals surface area contributed by atoms with Gasteiger partial charge in [0.25, 0.3) is 0 Å². The van der Waals surface area contributed by atoms with Gasteiger partial charge in [-0.25, -0.2) is 14.8 Å². The van der Waals surface area contributed by atoms with Crippen molar-refractivity contribution in [2.24, 2.45) is 0 Å². The molecule has 2 fully saturated rings. The molecule has 0 aromatic heterocycles. The molecule has 11 heteroatoms. The number of nitrogens with zero attached hydrogens (tertiary/aromatic N) is 4. The molecule has 1 aromatic carbocycles. The average Bonchev–Trinajstić information content (AvgIpc) is 2.87. The van der Waals surface area contributed by atoms with E-state index in [0.717, 1.165) is 22.9 Å². The van der Waals surface area contributed by atoms with Crippen molar-refractivity contribution in [1.82, 2.24) is 25.1 Å². The number of likely N-dealkylation sites (N-methyl/N-ethyl adjacent to an activating group) is 1. The Hall–Kier alpha value is -3.49. The van der Waals surface area contributed by atoms with Gasteiger partial charge in [-0.2, -0.15) is 0 Å². The van der Waals surface area contributed by atoms with Crippen molar-refractivity contribution in [3.05, 3.63) is 66.3 Å². The Morgan fingerprint density at radius 2 is 1.95 bits per heavy atom. The van der Waals surface area contributed by atoms with Gasteiger partial charge in [-0.05, 0) is 29.3 Å². The van der Waals surface area contributed by atoms with Gasteiger partial charge in [-0.15, -0.1) is 9.24 Å². The summed E-state index contributed by atoms with van der Waals surface area (Å²) in [7, 11) is 4.26. The third-order valence-electron chi connectivity index (χ3n) is 6.48. The zero-order valence-corrected chi connectivity index (χ0v) is 23.0. The summed E-state index contributed by atoms with van der Waals surface area (Å²) in [5.74, 6) is -1.72. The summed E-state index contributed by atoms with van der Waals surface area (Å²) in [4.78, 5) is 54.5. The summed E-state index contributed by atoms with van der Waals surface area (Å²) in [5.41, 5.74) is 1.75. The molecule has 3 rings (SSSR count). The molecule has 2 unspecified atom stereocenters. The number of carbonyl (C=O) groups excluding carboxylic acids is 3. The quantitative estimate of drug-likeness (QED) is 0.346. The highest BCUT2D eigenvalue weighted by molar-refractivity contribution is 7.27. The number of rotatable bonds is 10. The van der Waals surface area contributed by atoms with Gasteiger partial charge in [0.15, 0.2) is 0 Å². The van der Waals surface area contributed by atoms with Gasteiger partial charge in [-0.3, -0.25) is 14.4 Å². The molecule has 1 aromatic rings. The molecular weight excluding hydrogens is 505 g/mol.